The van der Waals surface area contributed by atoms with Crippen LogP contribution in [0.1, 0.15) is 13.8 Å². The Morgan fingerprint density at radius 3 is 1.17 bits per heavy atom. The van der Waals surface area contributed by atoms with Gasteiger partial charge in [0.1, 0.15) is 6.79 Å². The quantitative estimate of drug-likeness (QED) is 0.469. The van der Waals surface area contributed by atoms with E-state index in [9.17, 15) is 0 Å². The van der Waals surface area contributed by atoms with Gasteiger partial charge < -0.3 is 10.5 Å². The monoisotopic (exact) mass is 91.1 g/mol. The van der Waals surface area contributed by atoms with Crippen LogP contribution in [0.5, 0.6) is 0 Å². The Morgan fingerprint density at radius 1 is 1.17 bits per heavy atom. The Bertz CT molecular complexity index is 7.51. The molecule has 0 aliphatic heterocycles. The standard InChI is InChI=1S/C2H6.CH5N.CH2O/c3*1-2/h1-2H3;2H2,1H3;1H2. The lowest BCUT2D eigenvalue weighted by Gasteiger charge is -1.19. The fourth-order valence-corrected chi connectivity index (χ4v) is 0. The average Bonchev–Trinajstić information content (AvgIpc) is 1.81. The smallest absolute Gasteiger partial charge is 0.106 e. The largest absolute Gasteiger partial charge is 0.333 e. The van der Waals surface area contributed by atoms with Gasteiger partial charge in [0.25, 0.3) is 0 Å². The van der Waals surface area contributed by atoms with Crippen molar-refractivity contribution in [1.82, 2.24) is 0 Å². The summed E-state index contributed by atoms with van der Waals surface area (Å²) in [6, 6.07) is 0. The predicted molar refractivity (Wildman–Crippen MR) is 28.6 cm³/mol. The lowest BCUT2D eigenvalue weighted by molar-refractivity contribution is -0.0979. The van der Waals surface area contributed by atoms with Gasteiger partial charge in [-0.25, -0.2) is 0 Å². The van der Waals surface area contributed by atoms with Gasteiger partial charge in [0.2, 0.25) is 0 Å². The molecule has 0 aromatic carbocycles. The maximum atomic E-state index is 8.00. The zero-order valence-electron chi connectivity index (χ0n) is 4.69. The van der Waals surface area contributed by atoms with Crippen LogP contribution in [0.25, 0.3) is 0 Å². The molecule has 0 aliphatic carbocycles. The zero-order valence-corrected chi connectivity index (χ0v) is 4.69. The maximum Gasteiger partial charge on any atom is 0.106 e. The van der Waals surface area contributed by atoms with Crippen molar-refractivity contribution in [3.05, 3.63) is 0 Å². The highest BCUT2D eigenvalue weighted by Gasteiger charge is 0.932. The minimum absolute atomic E-state index is 1.50. The van der Waals surface area contributed by atoms with Crippen LogP contribution in [0, 0.1) is 0 Å². The fourth-order valence-electron chi connectivity index (χ4n) is 0. The molecule has 0 saturated heterocycles. The lowest BCUT2D eigenvalue weighted by atomic mass is 11.0. The molecule has 0 aromatic heterocycles. The Morgan fingerprint density at radius 2 is 1.17 bits per heavy atom. The molecular formula is C4H13NO. The van der Waals surface area contributed by atoms with E-state index in [4.69, 9.17) is 4.79 Å². The van der Waals surface area contributed by atoms with E-state index in [1.165, 1.54) is 7.05 Å². The van der Waals surface area contributed by atoms with Gasteiger partial charge in [0, 0.05) is 0 Å². The third-order valence-corrected chi connectivity index (χ3v) is 0. The minimum atomic E-state index is 1.50. The Labute approximate surface area is 39.3 Å². The summed E-state index contributed by atoms with van der Waals surface area (Å²) in [7, 11) is 1.50. The van der Waals surface area contributed by atoms with E-state index in [0.717, 1.165) is 0 Å². The second kappa shape index (κ2) is 446. The molecule has 0 aromatic rings. The molecule has 0 fully saturated rings. The van der Waals surface area contributed by atoms with E-state index in [1.807, 2.05) is 20.6 Å². The molecule has 0 saturated carbocycles. The van der Waals surface area contributed by atoms with Crippen molar-refractivity contribution in [2.24, 2.45) is 5.73 Å². The Kier molecular flexibility index (Phi) is 1300. The van der Waals surface area contributed by atoms with Crippen molar-refractivity contribution in [3.8, 4) is 0 Å². The molecule has 6 heavy (non-hydrogen) atoms. The summed E-state index contributed by atoms with van der Waals surface area (Å²) in [6.45, 7) is 6.00. The molecule has 0 bridgehead atoms. The van der Waals surface area contributed by atoms with Crippen molar-refractivity contribution >= 4 is 6.79 Å². The second-order valence-corrected chi connectivity index (χ2v) is 0. The highest BCUT2D eigenvalue weighted by molar-refractivity contribution is 5.10. The summed E-state index contributed by atoms with van der Waals surface area (Å²) >= 11 is 0. The van der Waals surface area contributed by atoms with Crippen LogP contribution in [0.2, 0.25) is 0 Å². The van der Waals surface area contributed by atoms with Crippen LogP contribution in [0.3, 0.4) is 0 Å². The first-order valence-corrected chi connectivity index (χ1v) is 1.87. The van der Waals surface area contributed by atoms with E-state index in [0.29, 0.717) is 0 Å². The first-order chi connectivity index (χ1) is 3.00. The van der Waals surface area contributed by atoms with Gasteiger partial charge in [0.05, 0.1) is 0 Å². The van der Waals surface area contributed by atoms with Gasteiger partial charge in [-0.3, -0.25) is 0 Å². The van der Waals surface area contributed by atoms with Crippen LogP contribution in [-0.4, -0.2) is 13.8 Å². The predicted octanol–water partition coefficient (Wildman–Crippen LogP) is 0.416. The molecular weight excluding hydrogens is 78.0 g/mol. The molecule has 0 spiro atoms. The topological polar surface area (TPSA) is 43.1 Å². The van der Waals surface area contributed by atoms with E-state index in [2.05, 4.69) is 5.73 Å². The Hall–Kier alpha value is -0.370. The normalized spacial score (nSPS) is 2.67. The molecule has 2 heteroatoms. The third-order valence-electron chi connectivity index (χ3n) is 0. The van der Waals surface area contributed by atoms with Crippen molar-refractivity contribution < 1.29 is 4.79 Å². The molecule has 40 valence electrons. The number of hydrogen-bond acceptors (Lipinski definition) is 2. The summed E-state index contributed by atoms with van der Waals surface area (Å²) in [6.07, 6.45) is 0. The molecule has 0 aliphatic rings. The average molecular weight is 91.2 g/mol. The van der Waals surface area contributed by atoms with Gasteiger partial charge in [-0.2, -0.15) is 0 Å². The molecule has 0 amide bonds. The number of carbonyl (C=O) groups excluding carboxylic acids is 1. The van der Waals surface area contributed by atoms with E-state index in [1.54, 1.807) is 0 Å². The van der Waals surface area contributed by atoms with Crippen molar-refractivity contribution in [1.29, 1.82) is 0 Å². The fraction of sp³-hybridized carbons (Fsp3) is 0.750. The molecule has 0 rings (SSSR count). The molecule has 0 unspecified atom stereocenters. The van der Waals surface area contributed by atoms with Crippen molar-refractivity contribution in [3.63, 3.8) is 0 Å². The molecule has 2 nitrogen and oxygen atoms in total. The summed E-state index contributed by atoms with van der Waals surface area (Å²) < 4.78 is 0. The summed E-state index contributed by atoms with van der Waals surface area (Å²) in [5.74, 6) is 0. The van der Waals surface area contributed by atoms with E-state index in [-0.39, 0.29) is 0 Å². The molecule has 0 radical (unpaired) electrons. The van der Waals surface area contributed by atoms with Gasteiger partial charge in [-0.1, -0.05) is 13.8 Å². The summed E-state index contributed by atoms with van der Waals surface area (Å²) in [5.41, 5.74) is 4.50. The van der Waals surface area contributed by atoms with Gasteiger partial charge >= 0.3 is 0 Å². The highest BCUT2D eigenvalue weighted by Crippen LogP contribution is 1.14. The van der Waals surface area contributed by atoms with Gasteiger partial charge in [0.15, 0.2) is 0 Å². The van der Waals surface area contributed by atoms with Crippen LogP contribution in [0.15, 0.2) is 0 Å². The molecule has 2 N–H and O–H groups in total. The number of rotatable bonds is 0. The van der Waals surface area contributed by atoms with Crippen LogP contribution in [-0.2, 0) is 4.79 Å². The number of nitrogens with two attached hydrogens (primary N) is 1. The Balaban J connectivity index is -0.0000000225. The van der Waals surface area contributed by atoms with E-state index >= 15 is 0 Å². The summed E-state index contributed by atoms with van der Waals surface area (Å²) in [5, 5.41) is 0. The minimum Gasteiger partial charge on any atom is -0.333 e. The first kappa shape index (κ1) is 17.4. The second-order valence-electron chi connectivity index (χ2n) is 0. The first-order valence-electron chi connectivity index (χ1n) is 1.87. The zero-order chi connectivity index (χ0) is 6.00. The van der Waals surface area contributed by atoms with E-state index < -0.39 is 0 Å². The third kappa shape index (κ3) is 183. The SMILES string of the molecule is C=O.CC.CN. The van der Waals surface area contributed by atoms with Crippen LogP contribution in [0.4, 0.5) is 0 Å². The van der Waals surface area contributed by atoms with Crippen molar-refractivity contribution in [2.75, 3.05) is 7.05 Å². The number of carbonyl (C=O) groups is 1. The van der Waals surface area contributed by atoms with Crippen LogP contribution >= 0.6 is 0 Å². The van der Waals surface area contributed by atoms with Gasteiger partial charge in [-0.15, -0.1) is 0 Å². The summed E-state index contributed by atoms with van der Waals surface area (Å²) in [4.78, 5) is 8.00. The van der Waals surface area contributed by atoms with Gasteiger partial charge in [-0.05, 0) is 7.05 Å². The molecule has 0 heterocycles. The maximum absolute atomic E-state index is 8.00. The molecule has 0 atom stereocenters. The van der Waals surface area contributed by atoms with Crippen molar-refractivity contribution in [2.45, 2.75) is 13.8 Å². The van der Waals surface area contributed by atoms with Crippen LogP contribution < -0.4 is 5.73 Å². The highest BCUT2D eigenvalue weighted by atomic mass is 16.1. The lowest BCUT2D eigenvalue weighted by Crippen LogP contribution is -1.69. The number of hydrogen-bond donors (Lipinski definition) is 1.